The molecular weight excluding hydrogens is 374 g/mol. The average molecular weight is 396 g/mol. The van der Waals surface area contributed by atoms with Crippen molar-refractivity contribution in [1.82, 2.24) is 9.62 Å². The van der Waals surface area contributed by atoms with E-state index in [0.29, 0.717) is 16.8 Å². The zero-order valence-electron chi connectivity index (χ0n) is 14.9. The Morgan fingerprint density at radius 2 is 1.77 bits per heavy atom. The van der Waals surface area contributed by atoms with E-state index in [2.05, 4.69) is 10.6 Å². The number of halogens is 1. The van der Waals surface area contributed by atoms with Crippen LogP contribution in [0.3, 0.4) is 0 Å². The number of aryl methyl sites for hydroxylation is 1. The molecule has 0 aliphatic carbocycles. The number of anilines is 1. The third-order valence-electron chi connectivity index (χ3n) is 4.30. The Morgan fingerprint density at radius 1 is 1.08 bits per heavy atom. The molecule has 2 aromatic rings. The van der Waals surface area contributed by atoms with Crippen LogP contribution in [0.25, 0.3) is 0 Å². The van der Waals surface area contributed by atoms with E-state index in [-0.39, 0.29) is 23.2 Å². The number of carbonyl (C=O) groups is 1. The summed E-state index contributed by atoms with van der Waals surface area (Å²) in [6, 6.07) is 10.5. The second-order valence-corrected chi connectivity index (χ2v) is 8.43. The number of carbonyl (C=O) groups excluding carboxylic acids is 1. The number of rotatable bonds is 4. The van der Waals surface area contributed by atoms with Crippen molar-refractivity contribution in [3.63, 3.8) is 0 Å². The summed E-state index contributed by atoms with van der Waals surface area (Å²) in [5, 5.41) is 6.03. The summed E-state index contributed by atoms with van der Waals surface area (Å²) in [5.74, 6) is -0.258. The van der Waals surface area contributed by atoms with Gasteiger partial charge in [-0.3, -0.25) is 4.79 Å². The van der Waals surface area contributed by atoms with Crippen molar-refractivity contribution in [1.29, 1.82) is 0 Å². The maximum absolute atomic E-state index is 12.5. The fourth-order valence-electron chi connectivity index (χ4n) is 2.79. The minimum absolute atomic E-state index is 0. The van der Waals surface area contributed by atoms with Gasteiger partial charge in [0.15, 0.2) is 0 Å². The molecule has 1 amide bonds. The lowest BCUT2D eigenvalue weighted by Crippen LogP contribution is -2.23. The van der Waals surface area contributed by atoms with E-state index >= 15 is 0 Å². The van der Waals surface area contributed by atoms with Crippen LogP contribution in [0.5, 0.6) is 0 Å². The van der Waals surface area contributed by atoms with E-state index in [1.165, 1.54) is 25.7 Å². The summed E-state index contributed by atoms with van der Waals surface area (Å²) in [4.78, 5) is 12.7. The van der Waals surface area contributed by atoms with Crippen molar-refractivity contribution in [2.45, 2.75) is 24.9 Å². The summed E-state index contributed by atoms with van der Waals surface area (Å²) in [6.07, 6.45) is 0. The Hall–Kier alpha value is -1.93. The third-order valence-corrected chi connectivity index (χ3v) is 6.26. The van der Waals surface area contributed by atoms with Crippen LogP contribution < -0.4 is 10.6 Å². The van der Waals surface area contributed by atoms with Crippen LogP contribution in [-0.4, -0.2) is 32.7 Å². The number of benzene rings is 2. The highest BCUT2D eigenvalue weighted by atomic mass is 35.5. The number of sulfonamides is 1. The first-order valence-corrected chi connectivity index (χ1v) is 9.40. The first-order valence-electron chi connectivity index (χ1n) is 7.96. The molecule has 2 aromatic carbocycles. The number of nitrogens with zero attached hydrogens (tertiary/aromatic N) is 1. The van der Waals surface area contributed by atoms with Gasteiger partial charge in [0.25, 0.3) is 5.91 Å². The minimum atomic E-state index is -3.56. The van der Waals surface area contributed by atoms with Gasteiger partial charge in [0.05, 0.1) is 4.90 Å². The molecule has 1 aliphatic rings. The lowest BCUT2D eigenvalue weighted by atomic mass is 10.1. The van der Waals surface area contributed by atoms with Gasteiger partial charge in [-0.2, -0.15) is 0 Å². The average Bonchev–Trinajstić information content (AvgIpc) is 3.03. The second kappa shape index (κ2) is 7.75. The highest BCUT2D eigenvalue weighted by molar-refractivity contribution is 7.89. The number of fused-ring (bicyclic) bond motifs is 1. The summed E-state index contributed by atoms with van der Waals surface area (Å²) in [5.41, 5.74) is 3.96. The minimum Gasteiger partial charge on any atom is -0.322 e. The van der Waals surface area contributed by atoms with Crippen molar-refractivity contribution in [3.05, 3.63) is 58.7 Å². The first kappa shape index (κ1) is 20.4. The van der Waals surface area contributed by atoms with Gasteiger partial charge in [-0.25, -0.2) is 12.7 Å². The van der Waals surface area contributed by atoms with Crippen molar-refractivity contribution in [2.75, 3.05) is 19.4 Å². The highest BCUT2D eigenvalue weighted by Crippen LogP contribution is 2.23. The van der Waals surface area contributed by atoms with Crippen molar-refractivity contribution in [2.24, 2.45) is 0 Å². The maximum atomic E-state index is 12.5. The zero-order valence-corrected chi connectivity index (χ0v) is 16.5. The van der Waals surface area contributed by atoms with E-state index in [0.717, 1.165) is 23.0 Å². The van der Waals surface area contributed by atoms with Crippen LogP contribution in [0.2, 0.25) is 0 Å². The lowest BCUT2D eigenvalue weighted by molar-refractivity contribution is 0.102. The van der Waals surface area contributed by atoms with E-state index in [1.54, 1.807) is 25.1 Å². The zero-order chi connectivity index (χ0) is 18.2. The van der Waals surface area contributed by atoms with Gasteiger partial charge in [-0.15, -0.1) is 12.4 Å². The standard InChI is InChI=1S/C18H21N3O3S.ClH/c1-12-4-7-16(9-17(12)25(23,24)21(2)3)20-18(22)13-5-6-14-10-19-11-15(14)8-13;/h4-9,19H,10-11H2,1-3H3,(H,20,22);1H. The molecule has 26 heavy (non-hydrogen) atoms. The molecule has 0 saturated carbocycles. The predicted octanol–water partition coefficient (Wildman–Crippen LogP) is 2.52. The summed E-state index contributed by atoms with van der Waals surface area (Å²) in [6.45, 7) is 3.31. The summed E-state index contributed by atoms with van der Waals surface area (Å²) < 4.78 is 26.0. The molecule has 0 spiro atoms. The Bertz CT molecular complexity index is 943. The van der Waals surface area contributed by atoms with Crippen LogP contribution in [0.1, 0.15) is 27.0 Å². The van der Waals surface area contributed by atoms with Gasteiger partial charge in [0.1, 0.15) is 0 Å². The van der Waals surface area contributed by atoms with Gasteiger partial charge < -0.3 is 10.6 Å². The van der Waals surface area contributed by atoms with Crippen LogP contribution in [-0.2, 0) is 23.1 Å². The number of amides is 1. The molecular formula is C18H22ClN3O3S. The molecule has 0 bridgehead atoms. The van der Waals surface area contributed by atoms with Gasteiger partial charge in [-0.1, -0.05) is 12.1 Å². The van der Waals surface area contributed by atoms with Gasteiger partial charge >= 0.3 is 0 Å². The van der Waals surface area contributed by atoms with Crippen LogP contribution in [0.4, 0.5) is 5.69 Å². The Morgan fingerprint density at radius 3 is 2.46 bits per heavy atom. The molecule has 6 nitrogen and oxygen atoms in total. The molecule has 0 atom stereocenters. The second-order valence-electron chi connectivity index (χ2n) is 6.31. The van der Waals surface area contributed by atoms with Crippen LogP contribution >= 0.6 is 12.4 Å². The number of hydrogen-bond acceptors (Lipinski definition) is 4. The molecule has 0 saturated heterocycles. The molecule has 140 valence electrons. The van der Waals surface area contributed by atoms with Crippen LogP contribution in [0.15, 0.2) is 41.3 Å². The summed E-state index contributed by atoms with van der Waals surface area (Å²) in [7, 11) is -0.595. The van der Waals surface area contributed by atoms with E-state index < -0.39 is 10.0 Å². The molecule has 3 rings (SSSR count). The number of hydrogen-bond donors (Lipinski definition) is 2. The topological polar surface area (TPSA) is 78.5 Å². The smallest absolute Gasteiger partial charge is 0.255 e. The van der Waals surface area contributed by atoms with Crippen molar-refractivity contribution < 1.29 is 13.2 Å². The highest BCUT2D eigenvalue weighted by Gasteiger charge is 2.21. The van der Waals surface area contributed by atoms with Crippen molar-refractivity contribution in [3.8, 4) is 0 Å². The molecule has 0 unspecified atom stereocenters. The molecule has 0 fully saturated rings. The molecule has 1 aliphatic heterocycles. The molecule has 8 heteroatoms. The lowest BCUT2D eigenvalue weighted by Gasteiger charge is -2.15. The van der Waals surface area contributed by atoms with E-state index in [4.69, 9.17) is 0 Å². The molecule has 0 radical (unpaired) electrons. The Labute approximate surface area is 160 Å². The predicted molar refractivity (Wildman–Crippen MR) is 104 cm³/mol. The van der Waals surface area contributed by atoms with E-state index in [1.807, 2.05) is 12.1 Å². The maximum Gasteiger partial charge on any atom is 0.255 e. The van der Waals surface area contributed by atoms with Gasteiger partial charge in [0, 0.05) is 38.4 Å². The fraction of sp³-hybridized carbons (Fsp3) is 0.278. The largest absolute Gasteiger partial charge is 0.322 e. The first-order chi connectivity index (χ1) is 11.8. The van der Waals surface area contributed by atoms with Crippen molar-refractivity contribution >= 4 is 34.0 Å². The third kappa shape index (κ3) is 3.91. The van der Waals surface area contributed by atoms with Gasteiger partial charge in [0.2, 0.25) is 10.0 Å². The SMILES string of the molecule is Cc1ccc(NC(=O)c2ccc3c(c2)CNC3)cc1S(=O)(=O)N(C)C.Cl. The quantitative estimate of drug-likeness (QED) is 0.833. The fourth-order valence-corrected chi connectivity index (χ4v) is 3.94. The molecule has 1 heterocycles. The van der Waals surface area contributed by atoms with Gasteiger partial charge in [-0.05, 0) is 47.9 Å². The normalized spacial score (nSPS) is 13.2. The number of nitrogens with one attached hydrogen (secondary N) is 2. The summed E-state index contributed by atoms with van der Waals surface area (Å²) >= 11 is 0. The van der Waals surface area contributed by atoms with E-state index in [9.17, 15) is 13.2 Å². The molecule has 2 N–H and O–H groups in total. The Kier molecular flexibility index (Phi) is 6.08. The van der Waals surface area contributed by atoms with Crippen LogP contribution in [0, 0.1) is 6.92 Å². The Balaban J connectivity index is 0.00000243. The monoisotopic (exact) mass is 395 g/mol. The molecule has 0 aromatic heterocycles.